The number of aromatic nitrogens is 3. The van der Waals surface area contributed by atoms with Crippen LogP contribution in [0.3, 0.4) is 0 Å². The van der Waals surface area contributed by atoms with Crippen molar-refractivity contribution in [1.29, 1.82) is 0 Å². The third kappa shape index (κ3) is 4.12. The Morgan fingerprint density at radius 3 is 2.56 bits per heavy atom. The molecule has 1 amide bonds. The number of anilines is 2. The van der Waals surface area contributed by atoms with Gasteiger partial charge in [-0.05, 0) is 45.1 Å². The van der Waals surface area contributed by atoms with Gasteiger partial charge >= 0.3 is 5.82 Å². The van der Waals surface area contributed by atoms with Gasteiger partial charge in [-0.2, -0.15) is 0 Å². The van der Waals surface area contributed by atoms with Crippen molar-refractivity contribution >= 4 is 59.8 Å². The quantitative estimate of drug-likeness (QED) is 0.366. The maximum absolute atomic E-state index is 12.2. The van der Waals surface area contributed by atoms with Crippen LogP contribution < -0.4 is 10.0 Å². The van der Waals surface area contributed by atoms with Crippen molar-refractivity contribution in [2.24, 2.45) is 0 Å². The van der Waals surface area contributed by atoms with E-state index in [1.165, 1.54) is 30.5 Å². The molecule has 0 aliphatic rings. The minimum atomic E-state index is -3.81. The second kappa shape index (κ2) is 7.42. The van der Waals surface area contributed by atoms with Crippen LogP contribution in [0.2, 0.25) is 0 Å². The number of thiazole rings is 1. The summed E-state index contributed by atoms with van der Waals surface area (Å²) >= 11 is 4.08. The number of carbonyl (C=O) groups excluding carboxylic acids is 1. The molecule has 3 N–H and O–H groups in total. The third-order valence-corrected chi connectivity index (χ3v) is 6.09. The summed E-state index contributed by atoms with van der Waals surface area (Å²) in [5.41, 5.74) is 0.0783. The lowest BCUT2D eigenvalue weighted by molar-refractivity contribution is -0.390. The second-order valence-corrected chi connectivity index (χ2v) is 8.28. The Labute approximate surface area is 164 Å². The highest BCUT2D eigenvalue weighted by atomic mass is 79.9. The lowest BCUT2D eigenvalue weighted by Gasteiger charge is -2.07. The number of amides is 1. The molecule has 0 bridgehead atoms. The Morgan fingerprint density at radius 2 is 2.00 bits per heavy atom. The average molecular weight is 473 g/mol. The molecule has 140 valence electrons. The molecule has 0 fully saturated rings. The Morgan fingerprint density at radius 1 is 1.30 bits per heavy atom. The van der Waals surface area contributed by atoms with E-state index in [0.29, 0.717) is 0 Å². The summed E-state index contributed by atoms with van der Waals surface area (Å²) in [5.74, 6) is -1.16. The minimum absolute atomic E-state index is 0.0210. The second-order valence-electron chi connectivity index (χ2n) is 4.91. The molecule has 0 unspecified atom stereocenters. The fourth-order valence-corrected chi connectivity index (χ4v) is 4.24. The van der Waals surface area contributed by atoms with Crippen LogP contribution in [-0.4, -0.2) is 34.4 Å². The molecule has 14 heteroatoms. The number of aromatic amines is 1. The summed E-state index contributed by atoms with van der Waals surface area (Å²) in [6, 6.07) is 5.35. The van der Waals surface area contributed by atoms with Gasteiger partial charge in [-0.3, -0.25) is 9.52 Å². The maximum Gasteiger partial charge on any atom is 0.357 e. The number of sulfonamides is 1. The molecule has 0 saturated carbocycles. The van der Waals surface area contributed by atoms with E-state index in [9.17, 15) is 23.3 Å². The first-order valence-corrected chi connectivity index (χ1v) is 10.2. The van der Waals surface area contributed by atoms with Crippen molar-refractivity contribution in [1.82, 2.24) is 15.2 Å². The summed E-state index contributed by atoms with van der Waals surface area (Å²) in [6.45, 7) is 0. The number of nitrogens with zero attached hydrogens (tertiary/aromatic N) is 3. The van der Waals surface area contributed by atoms with Crippen LogP contribution in [0.15, 0.2) is 45.2 Å². The number of H-pyrrole nitrogens is 1. The van der Waals surface area contributed by atoms with Crippen LogP contribution in [0.25, 0.3) is 0 Å². The van der Waals surface area contributed by atoms with E-state index in [-0.39, 0.29) is 25.9 Å². The molecule has 27 heavy (non-hydrogen) atoms. The van der Waals surface area contributed by atoms with Crippen LogP contribution in [0, 0.1) is 10.1 Å². The highest BCUT2D eigenvalue weighted by Gasteiger charge is 2.25. The standard InChI is InChI=1S/C13H9BrN6O5S2/c14-9-10(17-18-11(9)20(22)23)12(21)16-7-1-3-8(4-2-7)27(24,25)19-13-15-5-6-26-13/h1-6H,(H,15,19)(H,16,21)(H,17,18). The van der Waals surface area contributed by atoms with Crippen LogP contribution in [0.1, 0.15) is 10.5 Å². The first-order chi connectivity index (χ1) is 12.8. The van der Waals surface area contributed by atoms with Gasteiger partial charge in [0.25, 0.3) is 15.9 Å². The predicted octanol–water partition coefficient (Wildman–Crippen LogP) is 2.59. The van der Waals surface area contributed by atoms with Crippen LogP contribution in [0.4, 0.5) is 16.6 Å². The number of nitrogens with one attached hydrogen (secondary N) is 3. The molecule has 0 saturated heterocycles. The number of halogens is 1. The van der Waals surface area contributed by atoms with Gasteiger partial charge in [0, 0.05) is 17.3 Å². The summed E-state index contributed by atoms with van der Waals surface area (Å²) in [5, 5.41) is 20.8. The maximum atomic E-state index is 12.2. The molecule has 3 aromatic rings. The van der Waals surface area contributed by atoms with E-state index in [2.05, 4.69) is 41.2 Å². The highest BCUT2D eigenvalue weighted by Crippen LogP contribution is 2.26. The van der Waals surface area contributed by atoms with Crippen molar-refractivity contribution in [3.05, 3.63) is 56.1 Å². The van der Waals surface area contributed by atoms with Crippen LogP contribution in [-0.2, 0) is 10.0 Å². The van der Waals surface area contributed by atoms with E-state index in [4.69, 9.17) is 0 Å². The zero-order chi connectivity index (χ0) is 19.6. The van der Waals surface area contributed by atoms with Gasteiger partial charge in [0.1, 0.15) is 4.47 Å². The first-order valence-electron chi connectivity index (χ1n) is 7.00. The van der Waals surface area contributed by atoms with Gasteiger partial charge in [-0.25, -0.2) is 13.4 Å². The predicted molar refractivity (Wildman–Crippen MR) is 100 cm³/mol. The largest absolute Gasteiger partial charge is 0.358 e. The van der Waals surface area contributed by atoms with E-state index in [0.717, 1.165) is 11.3 Å². The first kappa shape index (κ1) is 18.9. The monoisotopic (exact) mass is 472 g/mol. The molecule has 3 rings (SSSR count). The fraction of sp³-hybridized carbons (Fsp3) is 0. The Kier molecular flexibility index (Phi) is 5.20. The minimum Gasteiger partial charge on any atom is -0.358 e. The smallest absolute Gasteiger partial charge is 0.357 e. The number of hydrogen-bond acceptors (Lipinski definition) is 8. The molecule has 0 aliphatic carbocycles. The molecule has 1 aromatic carbocycles. The van der Waals surface area contributed by atoms with E-state index in [1.54, 1.807) is 5.38 Å². The van der Waals surface area contributed by atoms with Crippen LogP contribution >= 0.6 is 27.3 Å². The van der Waals surface area contributed by atoms with Crippen molar-refractivity contribution in [2.45, 2.75) is 4.90 Å². The summed E-state index contributed by atoms with van der Waals surface area (Å²) in [6.07, 6.45) is 1.47. The molecular formula is C13H9BrN6O5S2. The molecule has 11 nitrogen and oxygen atoms in total. The number of benzene rings is 1. The van der Waals surface area contributed by atoms with Gasteiger partial charge in [-0.1, -0.05) is 5.10 Å². The molecule has 2 heterocycles. The zero-order valence-electron chi connectivity index (χ0n) is 13.0. The van der Waals surface area contributed by atoms with Gasteiger partial charge in [0.05, 0.1) is 4.90 Å². The van der Waals surface area contributed by atoms with E-state index >= 15 is 0 Å². The number of hydrogen-bond donors (Lipinski definition) is 3. The number of rotatable bonds is 6. The van der Waals surface area contributed by atoms with Crippen molar-refractivity contribution in [3.63, 3.8) is 0 Å². The summed E-state index contributed by atoms with van der Waals surface area (Å²) < 4.78 is 26.7. The fourth-order valence-electron chi connectivity index (χ4n) is 1.95. The molecular weight excluding hydrogens is 464 g/mol. The average Bonchev–Trinajstić information content (AvgIpc) is 3.24. The number of carbonyl (C=O) groups is 1. The summed E-state index contributed by atoms with van der Waals surface area (Å²) in [7, 11) is -3.81. The lowest BCUT2D eigenvalue weighted by Crippen LogP contribution is -2.14. The SMILES string of the molecule is O=C(Nc1ccc(S(=O)(=O)Nc2nccs2)cc1)c1n[nH]c([N+](=O)[O-])c1Br. The summed E-state index contributed by atoms with van der Waals surface area (Å²) in [4.78, 5) is 26.1. The van der Waals surface area contributed by atoms with E-state index in [1.807, 2.05) is 0 Å². The highest BCUT2D eigenvalue weighted by molar-refractivity contribution is 9.10. The van der Waals surface area contributed by atoms with Crippen molar-refractivity contribution in [2.75, 3.05) is 10.0 Å². The topological polar surface area (TPSA) is 160 Å². The molecule has 2 aromatic heterocycles. The number of nitro groups is 1. The molecule has 0 atom stereocenters. The van der Waals surface area contributed by atoms with Gasteiger partial charge < -0.3 is 15.4 Å². The van der Waals surface area contributed by atoms with Crippen molar-refractivity contribution < 1.29 is 18.1 Å². The van der Waals surface area contributed by atoms with E-state index < -0.39 is 26.7 Å². The molecule has 0 aliphatic heterocycles. The lowest BCUT2D eigenvalue weighted by atomic mass is 10.3. The Bertz CT molecular complexity index is 1090. The zero-order valence-corrected chi connectivity index (χ0v) is 16.3. The third-order valence-electron chi connectivity index (χ3n) is 3.16. The van der Waals surface area contributed by atoms with Crippen molar-refractivity contribution in [3.8, 4) is 0 Å². The van der Waals surface area contributed by atoms with Crippen LogP contribution in [0.5, 0.6) is 0 Å². The van der Waals surface area contributed by atoms with Gasteiger partial charge in [-0.15, -0.1) is 16.4 Å². The normalized spacial score (nSPS) is 11.1. The molecule has 0 spiro atoms. The Balaban J connectivity index is 1.74. The Hall–Kier alpha value is -2.84. The molecule has 0 radical (unpaired) electrons. The van der Waals surface area contributed by atoms with Gasteiger partial charge in [0.15, 0.2) is 10.8 Å². The van der Waals surface area contributed by atoms with Gasteiger partial charge in [0.2, 0.25) is 0 Å².